The third-order valence-corrected chi connectivity index (χ3v) is 6.86. The van der Waals surface area contributed by atoms with Gasteiger partial charge in [0.1, 0.15) is 12.7 Å². The summed E-state index contributed by atoms with van der Waals surface area (Å²) in [6.45, 7) is 0.570. The number of nitrogens with one attached hydrogen (secondary N) is 1. The van der Waals surface area contributed by atoms with Gasteiger partial charge in [-0.25, -0.2) is 23.1 Å². The molecule has 2 aliphatic heterocycles. The molecule has 2 fully saturated rings. The van der Waals surface area contributed by atoms with E-state index in [2.05, 4.69) is 20.4 Å². The molecular weight excluding hydrogens is 384 g/mol. The van der Waals surface area contributed by atoms with Crippen molar-refractivity contribution in [2.45, 2.75) is 25.4 Å². The number of aromatic nitrogens is 4. The predicted molar refractivity (Wildman–Crippen MR) is 97.9 cm³/mol. The number of hydrogen-bond acceptors (Lipinski definition) is 7. The molecule has 148 valence electrons. The van der Waals surface area contributed by atoms with Crippen molar-refractivity contribution >= 4 is 21.7 Å². The maximum absolute atomic E-state index is 12.5. The average Bonchev–Trinajstić information content (AvgIpc) is 3.40. The van der Waals surface area contributed by atoms with Crippen molar-refractivity contribution in [3.63, 3.8) is 0 Å². The Morgan fingerprint density at radius 3 is 2.82 bits per heavy atom. The van der Waals surface area contributed by atoms with Crippen LogP contribution in [-0.2, 0) is 26.0 Å². The molecule has 0 radical (unpaired) electrons. The standard InChI is InChI=1S/C17H20N6O4S/c24-16-5-13(8-22(16)14-3-4-28(26,27)9-14)17(25)20-7-12-1-2-15(19-6-12)23-11-18-10-21-23/h1-2,6,10-11,13-14H,3-5,7-9H2,(H,20,25). The summed E-state index contributed by atoms with van der Waals surface area (Å²) in [6, 6.07) is 3.31. The molecule has 0 spiro atoms. The highest BCUT2D eigenvalue weighted by Crippen LogP contribution is 2.26. The third kappa shape index (κ3) is 3.88. The van der Waals surface area contributed by atoms with Crippen LogP contribution in [0.2, 0.25) is 0 Å². The maximum atomic E-state index is 12.5. The van der Waals surface area contributed by atoms with Crippen molar-refractivity contribution in [3.05, 3.63) is 36.5 Å². The summed E-state index contributed by atoms with van der Waals surface area (Å²) in [5, 5.41) is 6.83. The lowest BCUT2D eigenvalue weighted by atomic mass is 10.1. The lowest BCUT2D eigenvalue weighted by Crippen LogP contribution is -2.39. The van der Waals surface area contributed by atoms with E-state index in [9.17, 15) is 18.0 Å². The Labute approximate surface area is 161 Å². The van der Waals surface area contributed by atoms with Crippen LogP contribution >= 0.6 is 0 Å². The highest BCUT2D eigenvalue weighted by atomic mass is 32.2. The van der Waals surface area contributed by atoms with Gasteiger partial charge in [0.05, 0.1) is 17.4 Å². The van der Waals surface area contributed by atoms with E-state index >= 15 is 0 Å². The van der Waals surface area contributed by atoms with E-state index in [4.69, 9.17) is 0 Å². The van der Waals surface area contributed by atoms with E-state index in [-0.39, 0.29) is 42.3 Å². The van der Waals surface area contributed by atoms with E-state index in [0.29, 0.717) is 18.8 Å². The van der Waals surface area contributed by atoms with Gasteiger partial charge in [0.2, 0.25) is 11.8 Å². The van der Waals surface area contributed by atoms with E-state index in [1.807, 2.05) is 6.07 Å². The van der Waals surface area contributed by atoms with E-state index in [1.165, 1.54) is 11.0 Å². The molecule has 2 aromatic heterocycles. The van der Waals surface area contributed by atoms with Gasteiger partial charge in [-0.2, -0.15) is 5.10 Å². The number of hydrogen-bond donors (Lipinski definition) is 1. The van der Waals surface area contributed by atoms with Crippen molar-refractivity contribution < 1.29 is 18.0 Å². The summed E-state index contributed by atoms with van der Waals surface area (Å²) < 4.78 is 24.8. The molecule has 28 heavy (non-hydrogen) atoms. The predicted octanol–water partition coefficient (Wildman–Crippen LogP) is -0.686. The monoisotopic (exact) mass is 404 g/mol. The molecule has 0 bridgehead atoms. The van der Waals surface area contributed by atoms with E-state index in [1.54, 1.807) is 23.5 Å². The fraction of sp³-hybridized carbons (Fsp3) is 0.471. The first-order chi connectivity index (χ1) is 13.4. The Kier molecular flexibility index (Phi) is 4.84. The third-order valence-electron chi connectivity index (χ3n) is 5.11. The van der Waals surface area contributed by atoms with Crippen LogP contribution in [0.25, 0.3) is 5.82 Å². The van der Waals surface area contributed by atoms with Gasteiger partial charge in [-0.1, -0.05) is 6.07 Å². The maximum Gasteiger partial charge on any atom is 0.225 e. The molecule has 4 heterocycles. The summed E-state index contributed by atoms with van der Waals surface area (Å²) in [5.74, 6) is -0.0975. The van der Waals surface area contributed by atoms with Crippen molar-refractivity contribution in [1.82, 2.24) is 30.0 Å². The van der Waals surface area contributed by atoms with Gasteiger partial charge in [-0.05, 0) is 18.1 Å². The first kappa shape index (κ1) is 18.5. The minimum absolute atomic E-state index is 0.00311. The molecule has 2 aliphatic rings. The molecule has 10 nitrogen and oxygen atoms in total. The molecule has 0 aliphatic carbocycles. The minimum atomic E-state index is -3.07. The molecule has 0 aromatic carbocycles. The summed E-state index contributed by atoms with van der Waals surface area (Å²) in [4.78, 5) is 34.4. The lowest BCUT2D eigenvalue weighted by Gasteiger charge is -2.22. The second-order valence-electron chi connectivity index (χ2n) is 7.09. The zero-order valence-electron chi connectivity index (χ0n) is 15.1. The van der Waals surface area contributed by atoms with Crippen LogP contribution < -0.4 is 5.32 Å². The van der Waals surface area contributed by atoms with Gasteiger partial charge in [0, 0.05) is 31.7 Å². The topological polar surface area (TPSA) is 127 Å². The zero-order valence-corrected chi connectivity index (χ0v) is 15.9. The van der Waals surface area contributed by atoms with Crippen LogP contribution in [0.1, 0.15) is 18.4 Å². The van der Waals surface area contributed by atoms with Crippen molar-refractivity contribution in [2.75, 3.05) is 18.1 Å². The average molecular weight is 404 g/mol. The number of pyridine rings is 1. The van der Waals surface area contributed by atoms with Crippen LogP contribution in [0.5, 0.6) is 0 Å². The van der Waals surface area contributed by atoms with Gasteiger partial charge in [-0.15, -0.1) is 0 Å². The SMILES string of the molecule is O=C(NCc1ccc(-n2cncn2)nc1)C1CC(=O)N(C2CCS(=O)(=O)C2)C1. The zero-order chi connectivity index (χ0) is 19.7. The first-order valence-corrected chi connectivity index (χ1v) is 10.8. The highest BCUT2D eigenvalue weighted by molar-refractivity contribution is 7.91. The summed E-state index contributed by atoms with van der Waals surface area (Å²) in [5.41, 5.74) is 0.820. The second-order valence-corrected chi connectivity index (χ2v) is 9.32. The summed E-state index contributed by atoms with van der Waals surface area (Å²) in [7, 11) is -3.07. The Hall–Kier alpha value is -2.82. The van der Waals surface area contributed by atoms with Crippen molar-refractivity contribution in [1.29, 1.82) is 0 Å². The fourth-order valence-corrected chi connectivity index (χ4v) is 5.33. The molecule has 2 atom stereocenters. The highest BCUT2D eigenvalue weighted by Gasteiger charge is 2.41. The van der Waals surface area contributed by atoms with Crippen LogP contribution in [0, 0.1) is 5.92 Å². The number of amides is 2. The quantitative estimate of drug-likeness (QED) is 0.699. The molecule has 2 saturated heterocycles. The molecule has 1 N–H and O–H groups in total. The molecule has 2 unspecified atom stereocenters. The lowest BCUT2D eigenvalue weighted by molar-refractivity contribution is -0.130. The Morgan fingerprint density at radius 2 is 2.18 bits per heavy atom. The van der Waals surface area contributed by atoms with Crippen LogP contribution in [0.3, 0.4) is 0 Å². The number of nitrogens with zero attached hydrogens (tertiary/aromatic N) is 5. The molecule has 11 heteroatoms. The van der Waals surface area contributed by atoms with E-state index in [0.717, 1.165) is 5.56 Å². The van der Waals surface area contributed by atoms with Gasteiger partial charge in [0.15, 0.2) is 15.7 Å². The number of rotatable bonds is 5. The Morgan fingerprint density at radius 1 is 1.32 bits per heavy atom. The normalized spacial score (nSPS) is 23.9. The second kappa shape index (κ2) is 7.30. The smallest absolute Gasteiger partial charge is 0.225 e. The first-order valence-electron chi connectivity index (χ1n) is 8.99. The number of sulfone groups is 1. The van der Waals surface area contributed by atoms with Gasteiger partial charge < -0.3 is 10.2 Å². The fourth-order valence-electron chi connectivity index (χ4n) is 3.60. The summed E-state index contributed by atoms with van der Waals surface area (Å²) in [6.07, 6.45) is 5.18. The van der Waals surface area contributed by atoms with Gasteiger partial charge in [-0.3, -0.25) is 9.59 Å². The minimum Gasteiger partial charge on any atom is -0.352 e. The van der Waals surface area contributed by atoms with Crippen molar-refractivity contribution in [2.24, 2.45) is 5.92 Å². The van der Waals surface area contributed by atoms with E-state index < -0.39 is 15.8 Å². The number of carbonyl (C=O) groups is 2. The molecule has 2 aromatic rings. The molecule has 4 rings (SSSR count). The van der Waals surface area contributed by atoms with Crippen LogP contribution in [0.4, 0.5) is 0 Å². The van der Waals surface area contributed by atoms with Gasteiger partial charge in [0.25, 0.3) is 0 Å². The molecule has 2 amide bonds. The van der Waals surface area contributed by atoms with Crippen molar-refractivity contribution in [3.8, 4) is 5.82 Å². The van der Waals surface area contributed by atoms with Crippen LogP contribution in [0.15, 0.2) is 31.0 Å². The number of likely N-dealkylation sites (tertiary alicyclic amines) is 1. The van der Waals surface area contributed by atoms with Crippen LogP contribution in [-0.4, -0.2) is 69.0 Å². The molecular formula is C17H20N6O4S. The Balaban J connectivity index is 1.31. The molecule has 0 saturated carbocycles. The number of carbonyl (C=O) groups excluding carboxylic acids is 2. The summed E-state index contributed by atoms with van der Waals surface area (Å²) >= 11 is 0. The largest absolute Gasteiger partial charge is 0.352 e. The van der Waals surface area contributed by atoms with Gasteiger partial charge >= 0.3 is 0 Å². The Bertz CT molecular complexity index is 974.